The molecular formula is C31H35ClN2O5S. The minimum atomic E-state index is -0.599. The van der Waals surface area contributed by atoms with Gasteiger partial charge in [0.05, 0.1) is 17.7 Å². The topological polar surface area (TPSA) is 109 Å². The highest BCUT2D eigenvalue weighted by molar-refractivity contribution is 8.13. The Balaban J connectivity index is 1.38. The van der Waals surface area contributed by atoms with Gasteiger partial charge in [0, 0.05) is 48.2 Å². The zero-order chi connectivity index (χ0) is 28.5. The first-order valence-corrected chi connectivity index (χ1v) is 15.1. The molecule has 2 aromatic carbocycles. The van der Waals surface area contributed by atoms with E-state index in [4.69, 9.17) is 26.8 Å². The van der Waals surface area contributed by atoms with Crippen LogP contribution in [0.25, 0.3) is 10.9 Å². The molecule has 1 aliphatic carbocycles. The van der Waals surface area contributed by atoms with Crippen LogP contribution in [-0.2, 0) is 16.0 Å². The summed E-state index contributed by atoms with van der Waals surface area (Å²) in [7, 11) is 0. The minimum Gasteiger partial charge on any atom is -0.493 e. The van der Waals surface area contributed by atoms with E-state index >= 15 is 0 Å². The molecule has 2 N–H and O–H groups in total. The molecule has 1 heterocycles. The van der Waals surface area contributed by atoms with Crippen molar-refractivity contribution < 1.29 is 23.9 Å². The highest BCUT2D eigenvalue weighted by Gasteiger charge is 2.24. The van der Waals surface area contributed by atoms with E-state index in [2.05, 4.69) is 4.98 Å². The number of nitrogens with two attached hydrogens (primary N) is 1. The second-order valence-corrected chi connectivity index (χ2v) is 11.9. The van der Waals surface area contributed by atoms with Crippen molar-refractivity contribution in [2.24, 2.45) is 11.7 Å². The number of nitrogens with zero attached hydrogens (tertiary/aromatic N) is 1. The van der Waals surface area contributed by atoms with Crippen LogP contribution in [0.5, 0.6) is 17.2 Å². The number of fused-ring (bicyclic) bond motifs is 1. The van der Waals surface area contributed by atoms with Crippen molar-refractivity contribution in [3.8, 4) is 17.2 Å². The number of halogens is 1. The van der Waals surface area contributed by atoms with Gasteiger partial charge in [-0.3, -0.25) is 19.4 Å². The Hall–Kier alpha value is -3.10. The number of pyridine rings is 1. The van der Waals surface area contributed by atoms with Gasteiger partial charge in [-0.15, -0.1) is 0 Å². The number of ether oxygens (including phenoxy) is 2. The number of unbranched alkanes of at least 4 members (excludes halogenated alkanes) is 4. The monoisotopic (exact) mass is 582 g/mol. The Labute approximate surface area is 244 Å². The van der Waals surface area contributed by atoms with Crippen molar-refractivity contribution in [2.45, 2.75) is 64.7 Å². The third-order valence-corrected chi connectivity index (χ3v) is 8.02. The maximum Gasteiger partial charge on any atom is 0.252 e. The molecule has 0 radical (unpaired) electrons. The summed E-state index contributed by atoms with van der Waals surface area (Å²) < 4.78 is 12.1. The molecule has 1 amide bonds. The van der Waals surface area contributed by atoms with Crippen LogP contribution in [0.15, 0.2) is 42.6 Å². The predicted molar refractivity (Wildman–Crippen MR) is 160 cm³/mol. The summed E-state index contributed by atoms with van der Waals surface area (Å²) in [5.41, 5.74) is 7.33. The predicted octanol–water partition coefficient (Wildman–Crippen LogP) is 7.30. The third-order valence-electron chi connectivity index (χ3n) is 6.77. The largest absolute Gasteiger partial charge is 0.493 e. The number of primary amides is 1. The number of Topliss-reactive ketones (excluding diaryl/α,β-unsaturated/α-hetero) is 1. The summed E-state index contributed by atoms with van der Waals surface area (Å²) in [6.45, 7) is 2.05. The van der Waals surface area contributed by atoms with Crippen molar-refractivity contribution in [3.63, 3.8) is 0 Å². The number of benzene rings is 2. The van der Waals surface area contributed by atoms with Gasteiger partial charge in [-0.25, -0.2) is 0 Å². The lowest BCUT2D eigenvalue weighted by Crippen LogP contribution is -2.13. The Morgan fingerprint density at radius 2 is 1.80 bits per heavy atom. The minimum absolute atomic E-state index is 0.161. The SMILES string of the molecule is CC(=O)SCCCCCCCOc1cc2nccc(Oc3ccc(CC(=O)CC4CC4)c(Cl)c3)c2cc1C(N)=O. The Morgan fingerprint density at radius 1 is 1.02 bits per heavy atom. The van der Waals surface area contributed by atoms with Crippen LogP contribution in [0.1, 0.15) is 74.2 Å². The molecule has 212 valence electrons. The fourth-order valence-electron chi connectivity index (χ4n) is 4.47. The number of carbonyl (C=O) groups excluding carboxylic acids is 3. The van der Waals surface area contributed by atoms with Gasteiger partial charge in [-0.2, -0.15) is 0 Å². The first-order valence-electron chi connectivity index (χ1n) is 13.8. The summed E-state index contributed by atoms with van der Waals surface area (Å²) in [5, 5.41) is 1.25. The van der Waals surface area contributed by atoms with E-state index in [0.29, 0.717) is 58.5 Å². The number of ketones is 1. The molecule has 0 atom stereocenters. The van der Waals surface area contributed by atoms with Crippen LogP contribution in [-0.4, -0.2) is 34.1 Å². The molecule has 9 heteroatoms. The molecule has 7 nitrogen and oxygen atoms in total. The smallest absolute Gasteiger partial charge is 0.252 e. The third kappa shape index (κ3) is 8.96. The van der Waals surface area contributed by atoms with Gasteiger partial charge >= 0.3 is 0 Å². The van der Waals surface area contributed by atoms with Crippen molar-refractivity contribution >= 4 is 51.1 Å². The van der Waals surface area contributed by atoms with Crippen LogP contribution in [0, 0.1) is 5.92 Å². The molecule has 0 spiro atoms. The molecular weight excluding hydrogens is 548 g/mol. The van der Waals surface area contributed by atoms with Crippen molar-refractivity contribution in [3.05, 3.63) is 58.7 Å². The quantitative estimate of drug-likeness (QED) is 0.176. The van der Waals surface area contributed by atoms with Gasteiger partial charge in [0.15, 0.2) is 5.12 Å². The summed E-state index contributed by atoms with van der Waals surface area (Å²) in [6, 6.07) is 10.4. The summed E-state index contributed by atoms with van der Waals surface area (Å²) >= 11 is 7.85. The first kappa shape index (κ1) is 29.9. The lowest BCUT2D eigenvalue weighted by atomic mass is 10.0. The number of aromatic nitrogens is 1. The van der Waals surface area contributed by atoms with Gasteiger partial charge in [0.25, 0.3) is 5.91 Å². The van der Waals surface area contributed by atoms with Crippen LogP contribution < -0.4 is 15.2 Å². The van der Waals surface area contributed by atoms with E-state index in [1.807, 2.05) is 6.07 Å². The fourth-order valence-corrected chi connectivity index (χ4v) is 5.35. The summed E-state index contributed by atoms with van der Waals surface area (Å²) in [5.74, 6) is 2.42. The fraction of sp³-hybridized carbons (Fsp3) is 0.419. The Bertz CT molecular complexity index is 1380. The molecule has 1 aromatic heterocycles. The summed E-state index contributed by atoms with van der Waals surface area (Å²) in [4.78, 5) is 39.9. The van der Waals surface area contributed by atoms with Crippen molar-refractivity contribution in [1.82, 2.24) is 4.98 Å². The van der Waals surface area contributed by atoms with Crippen LogP contribution in [0.2, 0.25) is 5.02 Å². The molecule has 1 aliphatic rings. The van der Waals surface area contributed by atoms with Gasteiger partial charge in [-0.05, 0) is 61.4 Å². The molecule has 0 unspecified atom stereocenters. The highest BCUT2D eigenvalue weighted by Crippen LogP contribution is 2.36. The highest BCUT2D eigenvalue weighted by atomic mass is 35.5. The van der Waals surface area contributed by atoms with E-state index in [0.717, 1.165) is 56.3 Å². The van der Waals surface area contributed by atoms with Gasteiger partial charge in [-0.1, -0.05) is 48.7 Å². The number of rotatable bonds is 16. The standard InChI is InChI=1S/C31H35ClN2O5S/c1-20(35)40-14-6-4-2-3-5-13-38-30-19-28-25(18-26(30)31(33)37)29(11-12-34-28)39-24-10-9-22(27(32)17-24)16-23(36)15-21-7-8-21/h9-12,17-19,21H,2-8,13-16H2,1H3,(H2,33,37). The van der Waals surface area contributed by atoms with Crippen molar-refractivity contribution in [1.29, 1.82) is 0 Å². The van der Waals surface area contributed by atoms with Crippen LogP contribution in [0.3, 0.4) is 0 Å². The molecule has 0 bridgehead atoms. The zero-order valence-corrected chi connectivity index (χ0v) is 24.3. The first-order chi connectivity index (χ1) is 19.3. The Morgan fingerprint density at radius 3 is 2.52 bits per heavy atom. The average Bonchev–Trinajstić information content (AvgIpc) is 3.72. The van der Waals surface area contributed by atoms with Gasteiger partial charge in [0.2, 0.25) is 0 Å². The molecule has 3 aromatic rings. The second-order valence-electron chi connectivity index (χ2n) is 10.2. The van der Waals surface area contributed by atoms with Crippen LogP contribution in [0.4, 0.5) is 0 Å². The molecule has 4 rings (SSSR count). The van der Waals surface area contributed by atoms with Crippen LogP contribution >= 0.6 is 23.4 Å². The van der Waals surface area contributed by atoms with E-state index in [1.54, 1.807) is 43.5 Å². The molecule has 0 aliphatic heterocycles. The molecule has 1 saturated carbocycles. The maximum atomic E-state index is 12.3. The second kappa shape index (κ2) is 14.5. The molecule has 0 saturated heterocycles. The van der Waals surface area contributed by atoms with E-state index in [9.17, 15) is 14.4 Å². The number of hydrogen-bond donors (Lipinski definition) is 1. The maximum absolute atomic E-state index is 12.3. The number of amides is 1. The van der Waals surface area contributed by atoms with Gasteiger partial charge < -0.3 is 15.2 Å². The normalized spacial score (nSPS) is 12.8. The van der Waals surface area contributed by atoms with E-state index < -0.39 is 5.91 Å². The van der Waals surface area contributed by atoms with E-state index in [-0.39, 0.29) is 16.5 Å². The number of thioether (sulfide) groups is 1. The average molecular weight is 583 g/mol. The lowest BCUT2D eigenvalue weighted by Gasteiger charge is -2.14. The molecule has 40 heavy (non-hydrogen) atoms. The lowest BCUT2D eigenvalue weighted by molar-refractivity contribution is -0.118. The van der Waals surface area contributed by atoms with Gasteiger partial charge in [0.1, 0.15) is 23.0 Å². The summed E-state index contributed by atoms with van der Waals surface area (Å²) in [6.07, 6.45) is 9.84. The zero-order valence-electron chi connectivity index (χ0n) is 22.7. The van der Waals surface area contributed by atoms with Crippen molar-refractivity contribution in [2.75, 3.05) is 12.4 Å². The molecule has 1 fully saturated rings. The number of carbonyl (C=O) groups is 3. The number of hydrogen-bond acceptors (Lipinski definition) is 7. The Kier molecular flexibility index (Phi) is 10.8. The van der Waals surface area contributed by atoms with E-state index in [1.165, 1.54) is 11.8 Å².